The summed E-state index contributed by atoms with van der Waals surface area (Å²) in [5.41, 5.74) is -1.02. The number of carbonyl (C=O) groups is 2. The molecule has 0 aromatic heterocycles. The molecule has 7 heteroatoms. The molecule has 2 fully saturated rings. The normalized spacial score (nSPS) is 28.0. The van der Waals surface area contributed by atoms with Crippen LogP contribution in [0.3, 0.4) is 0 Å². The maximum absolute atomic E-state index is 13.7. The first-order valence-corrected chi connectivity index (χ1v) is 9.46. The minimum atomic E-state index is -0.906. The van der Waals surface area contributed by atoms with Crippen molar-refractivity contribution in [2.45, 2.75) is 64.3 Å². The molecule has 1 heterocycles. The van der Waals surface area contributed by atoms with E-state index in [1.807, 2.05) is 13.8 Å². The van der Waals surface area contributed by atoms with Gasteiger partial charge in [0.25, 0.3) is 5.91 Å². The van der Waals surface area contributed by atoms with Crippen molar-refractivity contribution in [2.24, 2.45) is 5.92 Å². The third-order valence-electron chi connectivity index (χ3n) is 5.25. The number of nitrogens with one attached hydrogen (secondary N) is 1. The van der Waals surface area contributed by atoms with Crippen molar-refractivity contribution in [1.29, 1.82) is 0 Å². The molecule has 1 aliphatic carbocycles. The average Bonchev–Trinajstić information content (AvgIpc) is 2.91. The zero-order valence-corrected chi connectivity index (χ0v) is 15.9. The molecular weight excluding hydrogens is 354 g/mol. The molecule has 3 atom stereocenters. The Morgan fingerprint density at radius 2 is 1.93 bits per heavy atom. The number of halogens is 2. The van der Waals surface area contributed by atoms with E-state index in [0.717, 1.165) is 31.0 Å². The average molecular weight is 380 g/mol. The molecule has 2 aliphatic rings. The van der Waals surface area contributed by atoms with Crippen molar-refractivity contribution < 1.29 is 23.1 Å². The van der Waals surface area contributed by atoms with Gasteiger partial charge >= 0.3 is 0 Å². The molecule has 0 bridgehead atoms. The number of rotatable bonds is 3. The lowest BCUT2D eigenvalue weighted by atomic mass is 9.83. The quantitative estimate of drug-likeness (QED) is 0.876. The summed E-state index contributed by atoms with van der Waals surface area (Å²) in [6.07, 6.45) is 3.08. The van der Waals surface area contributed by atoms with Crippen LogP contribution in [-0.4, -0.2) is 41.1 Å². The number of benzene rings is 1. The Labute approximate surface area is 158 Å². The lowest BCUT2D eigenvalue weighted by Gasteiger charge is -2.43. The summed E-state index contributed by atoms with van der Waals surface area (Å²) in [5.74, 6) is -2.22. The van der Waals surface area contributed by atoms with E-state index < -0.39 is 29.3 Å². The highest BCUT2D eigenvalue weighted by molar-refractivity contribution is 5.98. The van der Waals surface area contributed by atoms with Crippen molar-refractivity contribution >= 4 is 11.8 Å². The molecule has 1 aliphatic heterocycles. The van der Waals surface area contributed by atoms with Gasteiger partial charge in [-0.1, -0.05) is 13.3 Å². The van der Waals surface area contributed by atoms with Crippen LogP contribution in [0.5, 0.6) is 0 Å². The van der Waals surface area contributed by atoms with Gasteiger partial charge in [0.15, 0.2) is 0 Å². The lowest BCUT2D eigenvalue weighted by molar-refractivity contribution is -0.128. The topological polar surface area (TPSA) is 58.6 Å². The van der Waals surface area contributed by atoms with E-state index in [-0.39, 0.29) is 24.1 Å². The van der Waals surface area contributed by atoms with Gasteiger partial charge < -0.3 is 10.1 Å². The number of hydrogen-bond donors (Lipinski definition) is 1. The van der Waals surface area contributed by atoms with E-state index >= 15 is 0 Å². The van der Waals surface area contributed by atoms with Gasteiger partial charge in [-0.2, -0.15) is 0 Å². The minimum absolute atomic E-state index is 0.0782. The Kier molecular flexibility index (Phi) is 5.51. The monoisotopic (exact) mass is 380 g/mol. The van der Waals surface area contributed by atoms with Gasteiger partial charge in [0.2, 0.25) is 5.91 Å². The highest BCUT2D eigenvalue weighted by Crippen LogP contribution is 2.43. The number of ether oxygens (including phenoxy) is 1. The number of hydrogen-bond acceptors (Lipinski definition) is 3. The highest BCUT2D eigenvalue weighted by Gasteiger charge is 2.54. The third-order valence-corrected chi connectivity index (χ3v) is 5.25. The Morgan fingerprint density at radius 3 is 2.52 bits per heavy atom. The molecule has 0 unspecified atom stereocenters. The van der Waals surface area contributed by atoms with E-state index in [4.69, 9.17) is 4.74 Å². The van der Waals surface area contributed by atoms with E-state index in [0.29, 0.717) is 18.8 Å². The molecule has 148 valence electrons. The molecule has 1 aromatic rings. The van der Waals surface area contributed by atoms with E-state index in [1.54, 1.807) is 0 Å². The zero-order chi connectivity index (χ0) is 19.8. The fourth-order valence-electron chi connectivity index (χ4n) is 4.20. The first-order chi connectivity index (χ1) is 12.7. The predicted octanol–water partition coefficient (Wildman–Crippen LogP) is 3.24. The summed E-state index contributed by atoms with van der Waals surface area (Å²) in [6, 6.07) is 1.81. The van der Waals surface area contributed by atoms with Crippen molar-refractivity contribution in [3.63, 3.8) is 0 Å². The third kappa shape index (κ3) is 3.98. The Hall–Kier alpha value is -2.02. The SMILES string of the molecule is CC(C)NC(=O)[C@@H]1CO[C@]2(CCC[C@@H](C)C2)N1C(=O)c1cc(F)cc(F)c1. The molecule has 1 spiro atoms. The molecular formula is C20H26F2N2O3. The van der Waals surface area contributed by atoms with Crippen LogP contribution in [0.2, 0.25) is 0 Å². The smallest absolute Gasteiger partial charge is 0.257 e. The summed E-state index contributed by atoms with van der Waals surface area (Å²) in [4.78, 5) is 27.4. The summed E-state index contributed by atoms with van der Waals surface area (Å²) in [6.45, 7) is 5.83. The van der Waals surface area contributed by atoms with Crippen molar-refractivity contribution in [1.82, 2.24) is 10.2 Å². The lowest BCUT2D eigenvalue weighted by Crippen LogP contribution is -2.57. The van der Waals surface area contributed by atoms with Gasteiger partial charge in [-0.15, -0.1) is 0 Å². The van der Waals surface area contributed by atoms with E-state index in [1.165, 1.54) is 4.90 Å². The fourth-order valence-corrected chi connectivity index (χ4v) is 4.20. The second-order valence-corrected chi connectivity index (χ2v) is 7.97. The Bertz CT molecular complexity index is 720. The second-order valence-electron chi connectivity index (χ2n) is 7.97. The standard InChI is InChI=1S/C20H26F2N2O3/c1-12(2)23-18(25)17-11-27-20(6-4-5-13(3)10-20)24(17)19(26)14-7-15(21)9-16(22)8-14/h7-9,12-13,17H,4-6,10-11H2,1-3H3,(H,23,25)/t13-,17+,20+/m1/s1. The largest absolute Gasteiger partial charge is 0.353 e. The van der Waals surface area contributed by atoms with Crippen LogP contribution in [0.4, 0.5) is 8.78 Å². The maximum atomic E-state index is 13.7. The van der Waals surface area contributed by atoms with Crippen LogP contribution in [-0.2, 0) is 9.53 Å². The molecule has 1 N–H and O–H groups in total. The van der Waals surface area contributed by atoms with Gasteiger partial charge in [0.05, 0.1) is 6.61 Å². The first kappa shape index (κ1) is 19.7. The van der Waals surface area contributed by atoms with Gasteiger partial charge in [-0.3, -0.25) is 14.5 Å². The Balaban J connectivity index is 1.99. The molecule has 3 rings (SSSR count). The summed E-state index contributed by atoms with van der Waals surface area (Å²) in [7, 11) is 0. The first-order valence-electron chi connectivity index (χ1n) is 9.46. The van der Waals surface area contributed by atoms with E-state index in [9.17, 15) is 18.4 Å². The molecule has 2 amide bonds. The Morgan fingerprint density at radius 1 is 1.26 bits per heavy atom. The molecule has 1 saturated heterocycles. The van der Waals surface area contributed by atoms with Crippen molar-refractivity contribution in [2.75, 3.05) is 6.61 Å². The zero-order valence-electron chi connectivity index (χ0n) is 15.9. The number of nitrogens with zero attached hydrogens (tertiary/aromatic N) is 1. The summed E-state index contributed by atoms with van der Waals surface area (Å²) < 4.78 is 33.4. The molecule has 1 aromatic carbocycles. The second kappa shape index (κ2) is 7.54. The van der Waals surface area contributed by atoms with Gasteiger partial charge in [0, 0.05) is 17.7 Å². The minimum Gasteiger partial charge on any atom is -0.353 e. The number of carbonyl (C=O) groups excluding carboxylic acids is 2. The van der Waals surface area contributed by atoms with E-state index in [2.05, 4.69) is 12.2 Å². The van der Waals surface area contributed by atoms with Crippen LogP contribution >= 0.6 is 0 Å². The van der Waals surface area contributed by atoms with Gasteiger partial charge in [-0.25, -0.2) is 8.78 Å². The summed E-state index contributed by atoms with van der Waals surface area (Å²) in [5, 5.41) is 2.82. The van der Waals surface area contributed by atoms with Gasteiger partial charge in [-0.05, 0) is 51.2 Å². The molecule has 1 saturated carbocycles. The van der Waals surface area contributed by atoms with Crippen LogP contribution in [0.1, 0.15) is 56.8 Å². The van der Waals surface area contributed by atoms with Gasteiger partial charge in [0.1, 0.15) is 23.4 Å². The predicted molar refractivity (Wildman–Crippen MR) is 95.9 cm³/mol. The van der Waals surface area contributed by atoms with Crippen molar-refractivity contribution in [3.05, 3.63) is 35.4 Å². The fraction of sp³-hybridized carbons (Fsp3) is 0.600. The maximum Gasteiger partial charge on any atom is 0.257 e. The molecule has 5 nitrogen and oxygen atoms in total. The number of amides is 2. The van der Waals surface area contributed by atoms with Crippen LogP contribution in [0.25, 0.3) is 0 Å². The van der Waals surface area contributed by atoms with Crippen LogP contribution in [0.15, 0.2) is 18.2 Å². The van der Waals surface area contributed by atoms with Crippen molar-refractivity contribution in [3.8, 4) is 0 Å². The molecule has 27 heavy (non-hydrogen) atoms. The van der Waals surface area contributed by atoms with Crippen LogP contribution in [0, 0.1) is 17.6 Å². The molecule has 0 radical (unpaired) electrons. The summed E-state index contributed by atoms with van der Waals surface area (Å²) >= 11 is 0. The van der Waals surface area contributed by atoms with Crippen LogP contribution < -0.4 is 5.32 Å². The highest BCUT2D eigenvalue weighted by atomic mass is 19.1.